The summed E-state index contributed by atoms with van der Waals surface area (Å²) in [7, 11) is -1.80. The zero-order chi connectivity index (χ0) is 11.6. The molecule has 0 saturated heterocycles. The molecular formula is C10H15NO3Si. The highest BCUT2D eigenvalue weighted by Gasteiger charge is 2.20. The van der Waals surface area contributed by atoms with Crippen LogP contribution in [0.15, 0.2) is 18.2 Å². The van der Waals surface area contributed by atoms with Crippen molar-refractivity contribution in [2.45, 2.75) is 19.6 Å². The summed E-state index contributed by atoms with van der Waals surface area (Å²) in [5, 5.41) is 8.97. The number of aromatic carboxylic acids is 1. The number of benzene rings is 1. The van der Waals surface area contributed by atoms with Gasteiger partial charge in [-0.15, -0.1) is 0 Å². The predicted octanol–water partition coefficient (Wildman–Crippen LogP) is 2.18. The minimum atomic E-state index is -1.80. The van der Waals surface area contributed by atoms with Gasteiger partial charge in [-0.3, -0.25) is 0 Å². The van der Waals surface area contributed by atoms with E-state index < -0.39 is 14.3 Å². The quantitative estimate of drug-likeness (QED) is 0.611. The molecule has 5 heteroatoms. The lowest BCUT2D eigenvalue weighted by molar-refractivity contribution is 0.0695. The molecule has 0 aromatic heterocycles. The summed E-state index contributed by atoms with van der Waals surface area (Å²) in [5.74, 6) is -0.619. The summed E-state index contributed by atoms with van der Waals surface area (Å²) in [6, 6.07) is 4.66. The normalized spacial score (nSPS) is 11.1. The zero-order valence-corrected chi connectivity index (χ0v) is 10.1. The van der Waals surface area contributed by atoms with Gasteiger partial charge in [0.15, 0.2) is 0 Å². The number of nitrogens with two attached hydrogens (primary N) is 1. The number of rotatable bonds is 3. The van der Waals surface area contributed by atoms with E-state index in [0.29, 0.717) is 11.4 Å². The van der Waals surface area contributed by atoms with Crippen molar-refractivity contribution in [3.63, 3.8) is 0 Å². The van der Waals surface area contributed by atoms with E-state index in [1.54, 1.807) is 12.1 Å². The van der Waals surface area contributed by atoms with Crippen molar-refractivity contribution in [2.75, 3.05) is 5.73 Å². The maximum atomic E-state index is 10.9. The molecular weight excluding hydrogens is 210 g/mol. The predicted molar refractivity (Wildman–Crippen MR) is 61.8 cm³/mol. The Kier molecular flexibility index (Phi) is 3.04. The van der Waals surface area contributed by atoms with Crippen LogP contribution in [0.2, 0.25) is 19.6 Å². The first-order valence-electron chi connectivity index (χ1n) is 4.61. The number of anilines is 1. The third kappa shape index (κ3) is 3.28. The van der Waals surface area contributed by atoms with E-state index in [-0.39, 0.29) is 5.56 Å². The minimum absolute atomic E-state index is 0.123. The summed E-state index contributed by atoms with van der Waals surface area (Å²) in [6.45, 7) is 5.99. The van der Waals surface area contributed by atoms with Gasteiger partial charge in [-0.25, -0.2) is 4.79 Å². The molecule has 0 unspecified atom stereocenters. The lowest BCUT2D eigenvalue weighted by Gasteiger charge is -2.20. The Morgan fingerprint density at radius 3 is 2.47 bits per heavy atom. The highest BCUT2D eigenvalue weighted by molar-refractivity contribution is 6.70. The van der Waals surface area contributed by atoms with Crippen molar-refractivity contribution in [3.8, 4) is 5.75 Å². The van der Waals surface area contributed by atoms with Gasteiger partial charge in [-0.05, 0) is 37.8 Å². The fourth-order valence-corrected chi connectivity index (χ4v) is 1.97. The van der Waals surface area contributed by atoms with Crippen LogP contribution in [-0.2, 0) is 0 Å². The molecule has 0 saturated carbocycles. The number of carboxylic acids is 1. The Balaban J connectivity index is 3.12. The zero-order valence-electron chi connectivity index (χ0n) is 9.07. The fraction of sp³-hybridized carbons (Fsp3) is 0.300. The Labute approximate surface area is 89.8 Å². The molecule has 1 rings (SSSR count). The molecule has 1 aromatic rings. The van der Waals surface area contributed by atoms with Crippen molar-refractivity contribution in [1.29, 1.82) is 0 Å². The van der Waals surface area contributed by atoms with Gasteiger partial charge in [-0.1, -0.05) is 0 Å². The smallest absolute Gasteiger partial charge is 0.339 e. The number of hydrogen-bond acceptors (Lipinski definition) is 3. The average Bonchev–Trinajstić information content (AvgIpc) is 2.05. The first-order chi connectivity index (χ1) is 6.79. The van der Waals surface area contributed by atoms with Gasteiger partial charge >= 0.3 is 5.97 Å². The molecule has 0 radical (unpaired) electrons. The van der Waals surface area contributed by atoms with Gasteiger partial charge in [0, 0.05) is 5.69 Å². The molecule has 82 valence electrons. The van der Waals surface area contributed by atoms with Crippen LogP contribution in [0.4, 0.5) is 5.69 Å². The van der Waals surface area contributed by atoms with Gasteiger partial charge in [-0.2, -0.15) is 0 Å². The Hall–Kier alpha value is -1.49. The lowest BCUT2D eigenvalue weighted by atomic mass is 10.2. The van der Waals surface area contributed by atoms with E-state index in [4.69, 9.17) is 15.3 Å². The SMILES string of the molecule is C[Si](C)(C)Oc1ccc(N)cc1C(=O)O. The molecule has 3 N–H and O–H groups in total. The summed E-state index contributed by atoms with van der Waals surface area (Å²) in [4.78, 5) is 10.9. The monoisotopic (exact) mass is 225 g/mol. The molecule has 1 aromatic carbocycles. The second kappa shape index (κ2) is 3.94. The first kappa shape index (κ1) is 11.6. The van der Waals surface area contributed by atoms with E-state index in [9.17, 15) is 4.79 Å². The lowest BCUT2D eigenvalue weighted by Crippen LogP contribution is -2.30. The molecule has 4 nitrogen and oxygen atoms in total. The number of nitrogen functional groups attached to an aromatic ring is 1. The number of carbonyl (C=O) groups is 1. The Morgan fingerprint density at radius 1 is 1.40 bits per heavy atom. The van der Waals surface area contributed by atoms with Crippen LogP contribution in [0.3, 0.4) is 0 Å². The molecule has 0 bridgehead atoms. The van der Waals surface area contributed by atoms with Crippen LogP contribution in [0.5, 0.6) is 5.75 Å². The molecule has 15 heavy (non-hydrogen) atoms. The van der Waals surface area contributed by atoms with Crippen LogP contribution >= 0.6 is 0 Å². The summed E-state index contributed by atoms with van der Waals surface area (Å²) >= 11 is 0. The largest absolute Gasteiger partial charge is 0.544 e. The van der Waals surface area contributed by atoms with Crippen molar-refractivity contribution in [2.24, 2.45) is 0 Å². The summed E-state index contributed by atoms with van der Waals surface area (Å²) < 4.78 is 5.65. The molecule has 0 fully saturated rings. The third-order valence-electron chi connectivity index (χ3n) is 1.65. The van der Waals surface area contributed by atoms with E-state index in [2.05, 4.69) is 0 Å². The maximum absolute atomic E-state index is 10.9. The highest BCUT2D eigenvalue weighted by atomic mass is 28.4. The van der Waals surface area contributed by atoms with Crippen molar-refractivity contribution >= 4 is 20.0 Å². The van der Waals surface area contributed by atoms with Crippen LogP contribution in [0, 0.1) is 0 Å². The van der Waals surface area contributed by atoms with E-state index in [1.807, 2.05) is 19.6 Å². The second-order valence-electron chi connectivity index (χ2n) is 4.28. The van der Waals surface area contributed by atoms with Crippen molar-refractivity contribution in [3.05, 3.63) is 23.8 Å². The van der Waals surface area contributed by atoms with E-state index >= 15 is 0 Å². The van der Waals surface area contributed by atoms with Gasteiger partial charge < -0.3 is 15.3 Å². The maximum Gasteiger partial charge on any atom is 0.339 e. The fourth-order valence-electron chi connectivity index (χ4n) is 1.13. The molecule has 0 heterocycles. The van der Waals surface area contributed by atoms with Gasteiger partial charge in [0.1, 0.15) is 11.3 Å². The molecule has 0 atom stereocenters. The van der Waals surface area contributed by atoms with Crippen LogP contribution < -0.4 is 10.2 Å². The van der Waals surface area contributed by atoms with Crippen LogP contribution in [0.1, 0.15) is 10.4 Å². The van der Waals surface area contributed by atoms with Crippen molar-refractivity contribution in [1.82, 2.24) is 0 Å². The number of carboxylic acid groups (broad SMARTS) is 1. The van der Waals surface area contributed by atoms with Gasteiger partial charge in [0.05, 0.1) is 0 Å². The molecule has 0 spiro atoms. The molecule has 0 aliphatic carbocycles. The van der Waals surface area contributed by atoms with Gasteiger partial charge in [0.2, 0.25) is 8.32 Å². The first-order valence-corrected chi connectivity index (χ1v) is 8.02. The van der Waals surface area contributed by atoms with E-state index in [1.165, 1.54) is 6.07 Å². The highest BCUT2D eigenvalue weighted by Crippen LogP contribution is 2.24. The summed E-state index contributed by atoms with van der Waals surface area (Å²) in [5.41, 5.74) is 6.07. The molecule has 0 aliphatic rings. The third-order valence-corrected chi connectivity index (χ3v) is 2.48. The van der Waals surface area contributed by atoms with E-state index in [0.717, 1.165) is 0 Å². The van der Waals surface area contributed by atoms with Gasteiger partial charge in [0.25, 0.3) is 0 Å². The number of hydrogen-bond donors (Lipinski definition) is 2. The molecule has 0 amide bonds. The second-order valence-corrected chi connectivity index (χ2v) is 8.70. The van der Waals surface area contributed by atoms with Crippen LogP contribution in [0.25, 0.3) is 0 Å². The van der Waals surface area contributed by atoms with Crippen LogP contribution in [-0.4, -0.2) is 19.4 Å². The average molecular weight is 225 g/mol. The molecule has 0 aliphatic heterocycles. The minimum Gasteiger partial charge on any atom is -0.544 e. The Bertz CT molecular complexity index is 385. The standard InChI is InChI=1S/C10H15NO3Si/c1-15(2,3)14-9-5-4-7(11)6-8(9)10(12)13/h4-6H,11H2,1-3H3,(H,12,13). The Morgan fingerprint density at radius 2 is 2.00 bits per heavy atom. The topological polar surface area (TPSA) is 72.5 Å². The summed E-state index contributed by atoms with van der Waals surface area (Å²) in [6.07, 6.45) is 0. The van der Waals surface area contributed by atoms with Crippen molar-refractivity contribution < 1.29 is 14.3 Å².